The summed E-state index contributed by atoms with van der Waals surface area (Å²) in [6.45, 7) is 3.56. The summed E-state index contributed by atoms with van der Waals surface area (Å²) in [5, 5.41) is 12.9. The molecule has 21 heavy (non-hydrogen) atoms. The zero-order valence-corrected chi connectivity index (χ0v) is 12.7. The van der Waals surface area contributed by atoms with Crippen LogP contribution in [0.4, 0.5) is 0 Å². The number of carbonyl (C=O) groups is 1. The summed E-state index contributed by atoms with van der Waals surface area (Å²) in [4.78, 5) is 10.9. The standard InChI is InChI=1S/C14H14ClNO5/c1-6-10(9-5-8(14(17)18)16-21-9)12(19-3)7(2)11(15)13(6)20-4/h5H,1-4H3,(H,17,18). The highest BCUT2D eigenvalue weighted by molar-refractivity contribution is 6.33. The molecule has 0 radical (unpaired) electrons. The number of ether oxygens (including phenoxy) is 2. The third kappa shape index (κ3) is 2.42. The van der Waals surface area contributed by atoms with Gasteiger partial charge < -0.3 is 19.1 Å². The van der Waals surface area contributed by atoms with Gasteiger partial charge in [0.1, 0.15) is 11.5 Å². The molecule has 2 rings (SSSR count). The van der Waals surface area contributed by atoms with Crippen LogP contribution in [0.25, 0.3) is 11.3 Å². The monoisotopic (exact) mass is 311 g/mol. The number of halogens is 1. The van der Waals surface area contributed by atoms with E-state index in [-0.39, 0.29) is 11.5 Å². The Balaban J connectivity index is 2.77. The number of rotatable bonds is 4. The van der Waals surface area contributed by atoms with Crippen LogP contribution in [0.1, 0.15) is 21.6 Å². The summed E-state index contributed by atoms with van der Waals surface area (Å²) in [6, 6.07) is 1.33. The maximum Gasteiger partial charge on any atom is 0.358 e. The number of aromatic nitrogens is 1. The molecule has 0 amide bonds. The molecule has 0 saturated carbocycles. The fourth-order valence-corrected chi connectivity index (χ4v) is 2.50. The zero-order chi connectivity index (χ0) is 15.7. The van der Waals surface area contributed by atoms with Crippen molar-refractivity contribution in [3.05, 3.63) is 27.9 Å². The minimum absolute atomic E-state index is 0.182. The van der Waals surface area contributed by atoms with Crippen molar-refractivity contribution < 1.29 is 23.9 Å². The zero-order valence-electron chi connectivity index (χ0n) is 12.0. The number of methoxy groups -OCH3 is 2. The Kier molecular flexibility index (Phi) is 4.09. The Morgan fingerprint density at radius 3 is 2.33 bits per heavy atom. The number of aromatic carboxylic acids is 1. The molecule has 0 unspecified atom stereocenters. The lowest BCUT2D eigenvalue weighted by Crippen LogP contribution is -1.99. The first kappa shape index (κ1) is 15.2. The van der Waals surface area contributed by atoms with E-state index in [2.05, 4.69) is 5.16 Å². The number of hydrogen-bond acceptors (Lipinski definition) is 5. The lowest BCUT2D eigenvalue weighted by Gasteiger charge is -2.17. The van der Waals surface area contributed by atoms with Crippen molar-refractivity contribution in [1.29, 1.82) is 0 Å². The van der Waals surface area contributed by atoms with Gasteiger partial charge >= 0.3 is 5.97 Å². The second-order valence-electron chi connectivity index (χ2n) is 4.39. The summed E-state index contributed by atoms with van der Waals surface area (Å²) < 4.78 is 15.8. The summed E-state index contributed by atoms with van der Waals surface area (Å²) in [5.74, 6) is 0.0868. The molecule has 0 atom stereocenters. The Morgan fingerprint density at radius 1 is 1.24 bits per heavy atom. The van der Waals surface area contributed by atoms with Crippen molar-refractivity contribution in [2.45, 2.75) is 13.8 Å². The summed E-state index contributed by atoms with van der Waals surface area (Å²) in [7, 11) is 3.01. The van der Waals surface area contributed by atoms with E-state index in [9.17, 15) is 4.79 Å². The van der Waals surface area contributed by atoms with Crippen LogP contribution >= 0.6 is 11.6 Å². The van der Waals surface area contributed by atoms with Gasteiger partial charge in [-0.1, -0.05) is 16.8 Å². The van der Waals surface area contributed by atoms with Crippen LogP contribution < -0.4 is 9.47 Å². The van der Waals surface area contributed by atoms with Gasteiger partial charge in [-0.05, 0) is 13.8 Å². The van der Waals surface area contributed by atoms with Crippen molar-refractivity contribution in [3.8, 4) is 22.8 Å². The molecule has 0 bridgehead atoms. The molecule has 1 aromatic heterocycles. The molecule has 1 aromatic carbocycles. The summed E-state index contributed by atoms with van der Waals surface area (Å²) in [6.07, 6.45) is 0. The number of nitrogens with zero attached hydrogens (tertiary/aromatic N) is 1. The van der Waals surface area contributed by atoms with Crippen LogP contribution in [0.2, 0.25) is 5.02 Å². The van der Waals surface area contributed by atoms with Crippen LogP contribution in [0.3, 0.4) is 0 Å². The van der Waals surface area contributed by atoms with Crippen molar-refractivity contribution in [1.82, 2.24) is 5.16 Å². The van der Waals surface area contributed by atoms with Gasteiger partial charge in [-0.2, -0.15) is 0 Å². The van der Waals surface area contributed by atoms with Crippen molar-refractivity contribution in [2.24, 2.45) is 0 Å². The highest BCUT2D eigenvalue weighted by atomic mass is 35.5. The highest BCUT2D eigenvalue weighted by Crippen LogP contribution is 2.46. The van der Waals surface area contributed by atoms with Crippen LogP contribution in [-0.2, 0) is 0 Å². The van der Waals surface area contributed by atoms with Crippen molar-refractivity contribution in [2.75, 3.05) is 14.2 Å². The van der Waals surface area contributed by atoms with Crippen LogP contribution in [0.15, 0.2) is 10.6 Å². The third-order valence-electron chi connectivity index (χ3n) is 3.20. The number of hydrogen-bond donors (Lipinski definition) is 1. The average Bonchev–Trinajstić information content (AvgIpc) is 2.92. The highest BCUT2D eigenvalue weighted by Gasteiger charge is 2.24. The first-order valence-electron chi connectivity index (χ1n) is 6.03. The van der Waals surface area contributed by atoms with Crippen LogP contribution in [-0.4, -0.2) is 30.5 Å². The molecular weight excluding hydrogens is 298 g/mol. The van der Waals surface area contributed by atoms with Crippen LogP contribution in [0, 0.1) is 13.8 Å². The predicted octanol–water partition coefficient (Wildman–Crippen LogP) is 3.33. The molecule has 0 aliphatic heterocycles. The number of carboxylic acid groups (broad SMARTS) is 1. The molecule has 2 aromatic rings. The lowest BCUT2D eigenvalue weighted by molar-refractivity contribution is 0.0686. The molecule has 6 nitrogen and oxygen atoms in total. The van der Waals surface area contributed by atoms with E-state index in [1.165, 1.54) is 20.3 Å². The van der Waals surface area contributed by atoms with Gasteiger partial charge in [0, 0.05) is 17.2 Å². The van der Waals surface area contributed by atoms with Gasteiger partial charge in [0.15, 0.2) is 11.5 Å². The topological polar surface area (TPSA) is 81.8 Å². The number of carboxylic acids is 1. The van der Waals surface area contributed by atoms with E-state index in [4.69, 9.17) is 30.7 Å². The maximum absolute atomic E-state index is 10.9. The predicted molar refractivity (Wildman–Crippen MR) is 76.5 cm³/mol. The molecule has 112 valence electrons. The molecule has 0 spiro atoms. The normalized spacial score (nSPS) is 10.5. The molecule has 1 heterocycles. The van der Waals surface area contributed by atoms with Crippen molar-refractivity contribution in [3.63, 3.8) is 0 Å². The van der Waals surface area contributed by atoms with E-state index < -0.39 is 5.97 Å². The van der Waals surface area contributed by atoms with Gasteiger partial charge in [-0.25, -0.2) is 4.79 Å². The van der Waals surface area contributed by atoms with E-state index in [0.29, 0.717) is 33.2 Å². The first-order chi connectivity index (χ1) is 9.92. The first-order valence-corrected chi connectivity index (χ1v) is 6.41. The van der Waals surface area contributed by atoms with Gasteiger partial charge in [0.25, 0.3) is 0 Å². The second-order valence-corrected chi connectivity index (χ2v) is 4.76. The Bertz CT molecular complexity index is 708. The molecule has 0 fully saturated rings. The van der Waals surface area contributed by atoms with E-state index in [1.807, 2.05) is 0 Å². The maximum atomic E-state index is 10.9. The van der Waals surface area contributed by atoms with E-state index in [1.54, 1.807) is 13.8 Å². The third-order valence-corrected chi connectivity index (χ3v) is 3.65. The van der Waals surface area contributed by atoms with E-state index >= 15 is 0 Å². The largest absolute Gasteiger partial charge is 0.496 e. The molecule has 0 saturated heterocycles. The fraction of sp³-hybridized carbons (Fsp3) is 0.286. The number of benzene rings is 1. The fourth-order valence-electron chi connectivity index (χ4n) is 2.19. The average molecular weight is 312 g/mol. The van der Waals surface area contributed by atoms with Gasteiger partial charge in [0.2, 0.25) is 0 Å². The lowest BCUT2D eigenvalue weighted by atomic mass is 10.00. The minimum Gasteiger partial charge on any atom is -0.496 e. The van der Waals surface area contributed by atoms with Crippen LogP contribution in [0.5, 0.6) is 11.5 Å². The van der Waals surface area contributed by atoms with E-state index in [0.717, 1.165) is 0 Å². The molecule has 1 N–H and O–H groups in total. The summed E-state index contributed by atoms with van der Waals surface area (Å²) in [5.41, 5.74) is 1.73. The molecule has 7 heteroatoms. The van der Waals surface area contributed by atoms with Gasteiger partial charge in [-0.3, -0.25) is 0 Å². The SMILES string of the molecule is COc1c(C)c(-c2cc(C(=O)O)no2)c(OC)c(C)c1Cl. The van der Waals surface area contributed by atoms with Gasteiger partial charge in [0.05, 0.1) is 24.8 Å². The van der Waals surface area contributed by atoms with Crippen molar-refractivity contribution >= 4 is 17.6 Å². The Morgan fingerprint density at radius 2 is 1.86 bits per heavy atom. The smallest absolute Gasteiger partial charge is 0.358 e. The molecule has 0 aliphatic rings. The van der Waals surface area contributed by atoms with Gasteiger partial charge in [-0.15, -0.1) is 0 Å². The Labute approximate surface area is 126 Å². The second kappa shape index (κ2) is 5.65. The Hall–Kier alpha value is -2.21. The summed E-state index contributed by atoms with van der Waals surface area (Å²) >= 11 is 6.25. The molecular formula is C14H14ClNO5. The quantitative estimate of drug-likeness (QED) is 0.932. The molecule has 0 aliphatic carbocycles. The minimum atomic E-state index is -1.17.